The molecule has 0 atom stereocenters. The number of rotatable bonds is 35. The minimum Gasteiger partial charge on any atom is -0.507 e. The van der Waals surface area contributed by atoms with E-state index in [1.807, 2.05) is 0 Å². The summed E-state index contributed by atoms with van der Waals surface area (Å²) in [7, 11) is 0. The molecular formula is C48H75NO6. The molecule has 7 heteroatoms. The van der Waals surface area contributed by atoms with Gasteiger partial charge in [0.25, 0.3) is 0 Å². The van der Waals surface area contributed by atoms with Gasteiger partial charge in [-0.15, -0.1) is 0 Å². The van der Waals surface area contributed by atoms with E-state index in [4.69, 9.17) is 18.9 Å². The molecule has 308 valence electrons. The fourth-order valence-electron chi connectivity index (χ4n) is 6.52. The van der Waals surface area contributed by atoms with Crippen molar-refractivity contribution in [3.8, 4) is 29.1 Å². The largest absolute Gasteiger partial charge is 0.507 e. The van der Waals surface area contributed by atoms with E-state index in [2.05, 4.69) is 33.8 Å². The third kappa shape index (κ3) is 20.7. The monoisotopic (exact) mass is 762 g/mol. The summed E-state index contributed by atoms with van der Waals surface area (Å²) in [4.78, 5) is 13.5. The van der Waals surface area contributed by atoms with Gasteiger partial charge in [-0.25, -0.2) is 0 Å². The van der Waals surface area contributed by atoms with E-state index in [0.717, 1.165) is 51.4 Å². The summed E-state index contributed by atoms with van der Waals surface area (Å²) in [6.07, 6.45) is 28.8. The SMILES string of the molecule is CCCCCCCCOc1ccc(C(=O)/C=C(\O)c2cc(OCCCCCCCC)c(OCCCCCCCC)c(OCCCCCCCC)c2)cc1C#N. The smallest absolute Gasteiger partial charge is 0.203 e. The van der Waals surface area contributed by atoms with Gasteiger partial charge in [0.15, 0.2) is 17.3 Å². The maximum atomic E-state index is 13.5. The van der Waals surface area contributed by atoms with Crippen molar-refractivity contribution in [3.05, 3.63) is 53.1 Å². The van der Waals surface area contributed by atoms with Crippen LogP contribution in [0.15, 0.2) is 36.4 Å². The average molecular weight is 762 g/mol. The van der Waals surface area contributed by atoms with E-state index in [1.165, 1.54) is 115 Å². The number of aliphatic hydroxyl groups excluding tert-OH is 1. The van der Waals surface area contributed by atoms with Gasteiger partial charge in [-0.3, -0.25) is 4.79 Å². The van der Waals surface area contributed by atoms with Crippen LogP contribution in [0, 0.1) is 11.3 Å². The van der Waals surface area contributed by atoms with E-state index in [0.29, 0.717) is 66.1 Å². The van der Waals surface area contributed by atoms with Crippen molar-refractivity contribution in [3.63, 3.8) is 0 Å². The number of hydrogen-bond acceptors (Lipinski definition) is 7. The van der Waals surface area contributed by atoms with Crippen molar-refractivity contribution in [2.24, 2.45) is 0 Å². The minimum atomic E-state index is -0.413. The number of unbranched alkanes of at least 4 members (excludes halogenated alkanes) is 20. The van der Waals surface area contributed by atoms with Crippen LogP contribution in [0.2, 0.25) is 0 Å². The van der Waals surface area contributed by atoms with Gasteiger partial charge in [-0.1, -0.05) is 156 Å². The van der Waals surface area contributed by atoms with Crippen molar-refractivity contribution < 1.29 is 28.8 Å². The summed E-state index contributed by atoms with van der Waals surface area (Å²) >= 11 is 0. The van der Waals surface area contributed by atoms with Crippen LogP contribution >= 0.6 is 0 Å². The average Bonchev–Trinajstić information content (AvgIpc) is 3.19. The molecule has 0 spiro atoms. The zero-order valence-corrected chi connectivity index (χ0v) is 35.2. The highest BCUT2D eigenvalue weighted by Crippen LogP contribution is 2.41. The second kappa shape index (κ2) is 31.5. The highest BCUT2D eigenvalue weighted by atomic mass is 16.5. The Bertz CT molecular complexity index is 1340. The third-order valence-corrected chi connectivity index (χ3v) is 9.98. The molecule has 55 heavy (non-hydrogen) atoms. The molecule has 2 aromatic carbocycles. The van der Waals surface area contributed by atoms with Gasteiger partial charge in [-0.2, -0.15) is 5.26 Å². The van der Waals surface area contributed by atoms with Gasteiger partial charge in [0.2, 0.25) is 5.75 Å². The second-order valence-corrected chi connectivity index (χ2v) is 15.0. The number of allylic oxidation sites excluding steroid dienone is 1. The molecule has 2 rings (SSSR count). The van der Waals surface area contributed by atoms with Crippen molar-refractivity contribution in [2.75, 3.05) is 26.4 Å². The maximum Gasteiger partial charge on any atom is 0.203 e. The van der Waals surface area contributed by atoms with E-state index < -0.39 is 5.78 Å². The van der Waals surface area contributed by atoms with Crippen LogP contribution in [0.25, 0.3) is 5.76 Å². The zero-order chi connectivity index (χ0) is 39.8. The molecule has 0 bridgehead atoms. The van der Waals surface area contributed by atoms with Crippen LogP contribution in [0.5, 0.6) is 23.0 Å². The first-order valence-corrected chi connectivity index (χ1v) is 22.2. The van der Waals surface area contributed by atoms with E-state index in [-0.39, 0.29) is 5.76 Å². The fourth-order valence-corrected chi connectivity index (χ4v) is 6.52. The standard InChI is InChI=1S/C48H75NO6/c1-5-9-13-17-21-25-31-52-45-30-29-40(35-42(45)39-49)43(50)38-44(51)41-36-46(53-32-26-22-18-14-10-6-2)48(55-34-28-24-20-16-12-8-4)47(37-41)54-33-27-23-19-15-11-7-3/h29-30,35-38,51H,5-28,31-34H2,1-4H3/b44-38-. The second-order valence-electron chi connectivity index (χ2n) is 15.0. The van der Waals surface area contributed by atoms with E-state index in [1.54, 1.807) is 24.3 Å². The summed E-state index contributed by atoms with van der Waals surface area (Å²) in [5, 5.41) is 21.2. The molecule has 0 aliphatic rings. The number of ether oxygens (including phenoxy) is 4. The van der Waals surface area contributed by atoms with Crippen LogP contribution in [0.1, 0.15) is 203 Å². The molecule has 7 nitrogen and oxygen atoms in total. The maximum absolute atomic E-state index is 13.5. The molecule has 0 aromatic heterocycles. The van der Waals surface area contributed by atoms with Crippen molar-refractivity contribution >= 4 is 11.5 Å². The lowest BCUT2D eigenvalue weighted by Gasteiger charge is -2.19. The Balaban J connectivity index is 2.30. The topological polar surface area (TPSA) is 98.0 Å². The van der Waals surface area contributed by atoms with Crippen LogP contribution in [-0.4, -0.2) is 37.3 Å². The lowest BCUT2D eigenvalue weighted by Crippen LogP contribution is -2.07. The van der Waals surface area contributed by atoms with Gasteiger partial charge >= 0.3 is 0 Å². The van der Waals surface area contributed by atoms with Crippen LogP contribution in [0.4, 0.5) is 0 Å². The number of carbonyl (C=O) groups excluding carboxylic acids is 1. The van der Waals surface area contributed by atoms with Crippen molar-refractivity contribution in [1.82, 2.24) is 0 Å². The van der Waals surface area contributed by atoms with E-state index in [9.17, 15) is 15.2 Å². The van der Waals surface area contributed by atoms with Gasteiger partial charge in [0.1, 0.15) is 17.6 Å². The van der Waals surface area contributed by atoms with Gasteiger partial charge < -0.3 is 24.1 Å². The van der Waals surface area contributed by atoms with Crippen molar-refractivity contribution in [1.29, 1.82) is 5.26 Å². The number of carbonyl (C=O) groups is 1. The van der Waals surface area contributed by atoms with Gasteiger partial charge in [0.05, 0.1) is 32.0 Å². The third-order valence-electron chi connectivity index (χ3n) is 9.98. The predicted molar refractivity (Wildman–Crippen MR) is 228 cm³/mol. The molecule has 0 aliphatic carbocycles. The zero-order valence-electron chi connectivity index (χ0n) is 35.2. The molecule has 0 aliphatic heterocycles. The highest BCUT2D eigenvalue weighted by molar-refractivity contribution is 6.08. The summed E-state index contributed by atoms with van der Waals surface area (Å²) in [5.74, 6) is 1.44. The molecule has 0 amide bonds. The molecule has 0 heterocycles. The summed E-state index contributed by atoms with van der Waals surface area (Å²) in [6.45, 7) is 11.0. The number of nitrogens with zero attached hydrogens (tertiary/aromatic N) is 1. The van der Waals surface area contributed by atoms with Crippen molar-refractivity contribution in [2.45, 2.75) is 182 Å². The summed E-state index contributed by atoms with van der Waals surface area (Å²) in [5.41, 5.74) is 1.01. The molecule has 0 radical (unpaired) electrons. The normalized spacial score (nSPS) is 11.4. The van der Waals surface area contributed by atoms with Gasteiger partial charge in [-0.05, 0) is 56.0 Å². The van der Waals surface area contributed by atoms with Crippen LogP contribution < -0.4 is 18.9 Å². The Kier molecular flexibility index (Phi) is 27.2. The molecule has 1 N–H and O–H groups in total. The first-order chi connectivity index (χ1) is 27.0. The molecule has 0 saturated carbocycles. The Morgan fingerprint density at radius 1 is 0.527 bits per heavy atom. The first-order valence-electron chi connectivity index (χ1n) is 22.2. The first kappa shape index (κ1) is 47.5. The number of nitriles is 1. The van der Waals surface area contributed by atoms with Crippen LogP contribution in [-0.2, 0) is 0 Å². The number of hydrogen-bond donors (Lipinski definition) is 1. The number of ketones is 1. The summed E-state index contributed by atoms with van der Waals surface area (Å²) < 4.78 is 25.1. The Hall–Kier alpha value is -3.66. The predicted octanol–water partition coefficient (Wildman–Crippen LogP) is 14.3. The number of aliphatic hydroxyl groups is 1. The molecule has 2 aromatic rings. The lowest BCUT2D eigenvalue weighted by atomic mass is 10.0. The lowest BCUT2D eigenvalue weighted by molar-refractivity contribution is 0.104. The van der Waals surface area contributed by atoms with Crippen LogP contribution in [0.3, 0.4) is 0 Å². The fraction of sp³-hybridized carbons (Fsp3) is 0.667. The molecule has 0 unspecified atom stereocenters. The van der Waals surface area contributed by atoms with Gasteiger partial charge in [0, 0.05) is 17.2 Å². The Morgan fingerprint density at radius 3 is 1.33 bits per heavy atom. The number of benzene rings is 2. The molecular weight excluding hydrogens is 687 g/mol. The molecule has 0 saturated heterocycles. The highest BCUT2D eigenvalue weighted by Gasteiger charge is 2.19. The van der Waals surface area contributed by atoms with E-state index >= 15 is 0 Å². The Morgan fingerprint density at radius 2 is 0.909 bits per heavy atom. The minimum absolute atomic E-state index is 0.205. The molecule has 0 fully saturated rings. The summed E-state index contributed by atoms with van der Waals surface area (Å²) in [6, 6.07) is 10.5. The quantitative estimate of drug-likeness (QED) is 0.0323. The Labute approximate surface area is 335 Å².